The number of nitrogens with one attached hydrogen (secondary N) is 1. The number of hydrogen-bond donors (Lipinski definition) is 2. The Hall–Kier alpha value is -3.33. The Labute approximate surface area is 238 Å². The maximum Gasteiger partial charge on any atom is 0.262 e. The first-order chi connectivity index (χ1) is 19.3. The molecule has 2 N–H and O–H groups in total. The molecule has 0 radical (unpaired) electrons. The van der Waals surface area contributed by atoms with Gasteiger partial charge < -0.3 is 15.3 Å². The number of likely N-dealkylation sites (N-methyl/N-ethyl adjacent to an activating group) is 1. The molecule has 1 amide bonds. The van der Waals surface area contributed by atoms with Crippen molar-refractivity contribution >= 4 is 28.1 Å². The molecule has 2 aromatic carbocycles. The molecular weight excluding hydrogens is 520 g/mol. The van der Waals surface area contributed by atoms with E-state index < -0.39 is 5.60 Å². The number of hydrogen-bond acceptors (Lipinski definition) is 6. The summed E-state index contributed by atoms with van der Waals surface area (Å²) in [6.07, 6.45) is 4.94. The summed E-state index contributed by atoms with van der Waals surface area (Å²) in [6, 6.07) is 17.1. The van der Waals surface area contributed by atoms with Gasteiger partial charge >= 0.3 is 0 Å². The lowest BCUT2D eigenvalue weighted by Crippen LogP contribution is -2.49. The predicted octanol–water partition coefficient (Wildman–Crippen LogP) is 4.36. The number of fused-ring (bicyclic) bond motifs is 2. The molecule has 208 valence electrons. The zero-order valence-corrected chi connectivity index (χ0v) is 23.9. The highest BCUT2D eigenvalue weighted by molar-refractivity contribution is 7.15. The zero-order chi connectivity index (χ0) is 27.9. The van der Waals surface area contributed by atoms with E-state index in [0.29, 0.717) is 49.3 Å². The van der Waals surface area contributed by atoms with E-state index in [1.54, 1.807) is 17.7 Å². The van der Waals surface area contributed by atoms with Crippen LogP contribution in [-0.2, 0) is 24.2 Å². The fourth-order valence-corrected chi connectivity index (χ4v) is 7.17. The van der Waals surface area contributed by atoms with E-state index in [0.717, 1.165) is 28.8 Å². The van der Waals surface area contributed by atoms with Gasteiger partial charge in [-0.05, 0) is 67.0 Å². The third-order valence-corrected chi connectivity index (χ3v) is 9.77. The van der Waals surface area contributed by atoms with Gasteiger partial charge in [-0.2, -0.15) is 0 Å². The largest absolute Gasteiger partial charge is 0.388 e. The number of rotatable bonds is 7. The second-order valence-corrected chi connectivity index (χ2v) is 12.4. The predicted molar refractivity (Wildman–Crippen MR) is 160 cm³/mol. The lowest BCUT2D eigenvalue weighted by Gasteiger charge is -2.38. The lowest BCUT2D eigenvalue weighted by atomic mass is 9.90. The summed E-state index contributed by atoms with van der Waals surface area (Å²) < 4.78 is 1.54. The standard InChI is InChI=1S/C32H36N4O3S/c1-21(22-6-4-3-5-7-22)14-28(37)35-12-10-32(39,11-13-35)19-36-20-34-29-27(31(36)38)18-40-30(29)24-9-8-23-16-26(33-2)17-25(23)15-24/h3-9,15,18,20-21,26,33,39H,10-14,16-17,19H2,1-2H3/t21-,26?/m1/s1. The summed E-state index contributed by atoms with van der Waals surface area (Å²) >= 11 is 1.54. The average molecular weight is 557 g/mol. The first kappa shape index (κ1) is 26.9. The Morgan fingerprint density at radius 1 is 1.15 bits per heavy atom. The van der Waals surface area contributed by atoms with Gasteiger partial charge in [0.05, 0.1) is 34.3 Å². The molecule has 1 fully saturated rings. The molecule has 4 aromatic rings. The number of piperidine rings is 1. The normalized spacial score (nSPS) is 19.1. The monoisotopic (exact) mass is 556 g/mol. The SMILES string of the molecule is CNC1Cc2ccc(-c3scc4c(=O)n(CC5(O)CCN(C(=O)C[C@@H](C)c6ccccc6)CC5)cnc34)cc2C1. The minimum atomic E-state index is -1.05. The second kappa shape index (κ2) is 10.9. The van der Waals surface area contributed by atoms with Gasteiger partial charge in [0.1, 0.15) is 0 Å². The van der Waals surface area contributed by atoms with Crippen LogP contribution in [0.4, 0.5) is 0 Å². The Bertz CT molecular complexity index is 1590. The summed E-state index contributed by atoms with van der Waals surface area (Å²) in [5.74, 6) is 0.251. The third-order valence-electron chi connectivity index (χ3n) is 8.75. The molecule has 3 heterocycles. The first-order valence-corrected chi connectivity index (χ1v) is 15.0. The van der Waals surface area contributed by atoms with E-state index in [-0.39, 0.29) is 23.9 Å². The quantitative estimate of drug-likeness (QED) is 0.353. The molecule has 1 saturated heterocycles. The molecule has 1 aliphatic heterocycles. The third kappa shape index (κ3) is 5.23. The number of amides is 1. The molecule has 0 bridgehead atoms. The van der Waals surface area contributed by atoms with Crippen LogP contribution in [-0.4, -0.2) is 57.2 Å². The highest BCUT2D eigenvalue weighted by atomic mass is 32.1. The summed E-state index contributed by atoms with van der Waals surface area (Å²) in [6.45, 7) is 3.21. The number of aromatic nitrogens is 2. The van der Waals surface area contributed by atoms with Crippen LogP contribution in [0.15, 0.2) is 65.0 Å². The molecule has 1 aliphatic carbocycles. The van der Waals surface area contributed by atoms with Crippen molar-refractivity contribution in [1.82, 2.24) is 19.8 Å². The number of carbonyl (C=O) groups is 1. The van der Waals surface area contributed by atoms with Gasteiger partial charge in [0.25, 0.3) is 5.56 Å². The molecular formula is C32H36N4O3S. The van der Waals surface area contributed by atoms with Gasteiger partial charge in [0, 0.05) is 30.9 Å². The fraction of sp³-hybridized carbons (Fsp3) is 0.406. The number of likely N-dealkylation sites (tertiary alicyclic amines) is 1. The Morgan fingerprint density at radius 3 is 2.65 bits per heavy atom. The fourth-order valence-electron chi connectivity index (χ4n) is 6.19. The van der Waals surface area contributed by atoms with E-state index in [1.807, 2.05) is 35.5 Å². The highest BCUT2D eigenvalue weighted by Gasteiger charge is 2.35. The van der Waals surface area contributed by atoms with Crippen molar-refractivity contribution in [2.75, 3.05) is 20.1 Å². The van der Waals surface area contributed by atoms with Gasteiger partial charge in [-0.25, -0.2) is 4.98 Å². The zero-order valence-electron chi connectivity index (χ0n) is 23.1. The van der Waals surface area contributed by atoms with Crippen LogP contribution in [0.25, 0.3) is 21.3 Å². The van der Waals surface area contributed by atoms with Crippen LogP contribution in [0.1, 0.15) is 48.8 Å². The number of thiophene rings is 1. The number of nitrogens with zero attached hydrogens (tertiary/aromatic N) is 3. The molecule has 6 rings (SSSR count). The van der Waals surface area contributed by atoms with Gasteiger partial charge in [-0.1, -0.05) is 49.4 Å². The van der Waals surface area contributed by atoms with Crippen molar-refractivity contribution in [3.05, 3.63) is 87.3 Å². The van der Waals surface area contributed by atoms with Crippen molar-refractivity contribution in [2.45, 2.75) is 63.1 Å². The molecule has 2 aliphatic rings. The average Bonchev–Trinajstić information content (AvgIpc) is 3.59. The van der Waals surface area contributed by atoms with Crippen LogP contribution in [0.5, 0.6) is 0 Å². The molecule has 0 spiro atoms. The van der Waals surface area contributed by atoms with E-state index in [9.17, 15) is 14.7 Å². The van der Waals surface area contributed by atoms with Crippen LogP contribution < -0.4 is 10.9 Å². The van der Waals surface area contributed by atoms with E-state index in [4.69, 9.17) is 0 Å². The van der Waals surface area contributed by atoms with Crippen molar-refractivity contribution in [2.24, 2.45) is 0 Å². The van der Waals surface area contributed by atoms with E-state index >= 15 is 0 Å². The van der Waals surface area contributed by atoms with Crippen molar-refractivity contribution in [3.8, 4) is 10.4 Å². The van der Waals surface area contributed by atoms with Crippen LogP contribution in [0.3, 0.4) is 0 Å². The minimum absolute atomic E-state index is 0.109. The highest BCUT2D eigenvalue weighted by Crippen LogP contribution is 2.35. The molecule has 2 aromatic heterocycles. The van der Waals surface area contributed by atoms with Crippen molar-refractivity contribution in [3.63, 3.8) is 0 Å². The van der Waals surface area contributed by atoms with Crippen LogP contribution in [0.2, 0.25) is 0 Å². The molecule has 0 saturated carbocycles. The summed E-state index contributed by atoms with van der Waals surface area (Å²) in [7, 11) is 2.01. The summed E-state index contributed by atoms with van der Waals surface area (Å²) in [4.78, 5) is 33.9. The maximum atomic E-state index is 13.4. The topological polar surface area (TPSA) is 87.5 Å². The maximum absolute atomic E-state index is 13.4. The number of aliphatic hydroxyl groups is 1. The van der Waals surface area contributed by atoms with Gasteiger partial charge in [0.15, 0.2) is 0 Å². The van der Waals surface area contributed by atoms with Gasteiger partial charge in [-0.15, -0.1) is 11.3 Å². The number of benzene rings is 2. The molecule has 7 nitrogen and oxygen atoms in total. The molecule has 40 heavy (non-hydrogen) atoms. The van der Waals surface area contributed by atoms with Crippen LogP contribution >= 0.6 is 11.3 Å². The summed E-state index contributed by atoms with van der Waals surface area (Å²) in [5.41, 5.74) is 4.52. The van der Waals surface area contributed by atoms with Gasteiger partial charge in [-0.3, -0.25) is 14.2 Å². The van der Waals surface area contributed by atoms with E-state index in [2.05, 4.69) is 47.6 Å². The van der Waals surface area contributed by atoms with Crippen molar-refractivity contribution in [1.29, 1.82) is 0 Å². The molecule has 1 unspecified atom stereocenters. The smallest absolute Gasteiger partial charge is 0.262 e. The number of carbonyl (C=O) groups excluding carboxylic acids is 1. The van der Waals surface area contributed by atoms with Gasteiger partial charge in [0.2, 0.25) is 5.91 Å². The second-order valence-electron chi connectivity index (χ2n) is 11.5. The first-order valence-electron chi connectivity index (χ1n) is 14.1. The lowest BCUT2D eigenvalue weighted by molar-refractivity contribution is -0.136. The minimum Gasteiger partial charge on any atom is -0.388 e. The van der Waals surface area contributed by atoms with Crippen LogP contribution in [0, 0.1) is 0 Å². The Balaban J connectivity index is 1.13. The summed E-state index contributed by atoms with van der Waals surface area (Å²) in [5, 5.41) is 17.2. The van der Waals surface area contributed by atoms with Crippen molar-refractivity contribution < 1.29 is 9.90 Å². The Morgan fingerprint density at radius 2 is 1.90 bits per heavy atom. The molecule has 8 heteroatoms. The Kier molecular flexibility index (Phi) is 7.33. The molecule has 2 atom stereocenters. The van der Waals surface area contributed by atoms with E-state index in [1.165, 1.54) is 15.7 Å².